The molecule has 0 N–H and O–H groups in total. The Hall–Kier alpha value is -1.14. The summed E-state index contributed by atoms with van der Waals surface area (Å²) in [7, 11) is -3.49. The lowest BCUT2D eigenvalue weighted by Gasteiger charge is -2.25. The van der Waals surface area contributed by atoms with Gasteiger partial charge in [-0.3, -0.25) is 4.31 Å². The molecule has 18 heavy (non-hydrogen) atoms. The minimum Gasteiger partial charge on any atom is -0.266 e. The molecular weight excluding hydrogens is 321 g/mol. The van der Waals surface area contributed by atoms with E-state index in [1.807, 2.05) is 0 Å². The zero-order valence-corrected chi connectivity index (χ0v) is 12.0. The Morgan fingerprint density at radius 2 is 2.11 bits per heavy atom. The lowest BCUT2D eigenvalue weighted by atomic mass is 10.2. The normalized spacial score (nSPS) is 17.7. The molecule has 0 aliphatic carbocycles. The van der Waals surface area contributed by atoms with E-state index in [0.29, 0.717) is 15.7 Å². The molecule has 1 aliphatic heterocycles. The first-order chi connectivity index (χ1) is 8.40. The number of benzene rings is 1. The van der Waals surface area contributed by atoms with Gasteiger partial charge in [-0.25, -0.2) is 12.8 Å². The third kappa shape index (κ3) is 2.64. The molecule has 1 aliphatic rings. The van der Waals surface area contributed by atoms with Gasteiger partial charge in [0.05, 0.1) is 12.0 Å². The second kappa shape index (κ2) is 4.85. The van der Waals surface area contributed by atoms with Crippen molar-refractivity contribution in [3.8, 4) is 0 Å². The Balaban J connectivity index is 2.34. The molecule has 0 atom stereocenters. The Labute approximate surface area is 114 Å². The van der Waals surface area contributed by atoms with Crippen molar-refractivity contribution in [1.82, 2.24) is 4.31 Å². The molecule has 0 saturated carbocycles. The highest BCUT2D eigenvalue weighted by Crippen LogP contribution is 2.23. The zero-order chi connectivity index (χ0) is 13.3. The predicted octanol–water partition coefficient (Wildman–Crippen LogP) is 3.15. The van der Waals surface area contributed by atoms with E-state index in [0.717, 1.165) is 5.41 Å². The Bertz CT molecular complexity index is 637. The van der Waals surface area contributed by atoms with Crippen molar-refractivity contribution in [2.45, 2.75) is 13.5 Å². The van der Waals surface area contributed by atoms with Gasteiger partial charge in [-0.2, -0.15) is 0 Å². The molecule has 2 rings (SSSR count). The maximum absolute atomic E-state index is 13.7. The van der Waals surface area contributed by atoms with E-state index >= 15 is 0 Å². The Kier molecular flexibility index (Phi) is 3.59. The number of nitrogens with zero attached hydrogens (tertiary/aromatic N) is 1. The van der Waals surface area contributed by atoms with E-state index in [1.165, 1.54) is 16.4 Å². The molecule has 0 bridgehead atoms. The third-order valence-electron chi connectivity index (χ3n) is 2.62. The number of sulfonamides is 1. The summed E-state index contributed by atoms with van der Waals surface area (Å²) in [6, 6.07) is 4.57. The monoisotopic (exact) mass is 331 g/mol. The number of hydrogen-bond acceptors (Lipinski definition) is 2. The van der Waals surface area contributed by atoms with Gasteiger partial charge in [-0.1, -0.05) is 22.0 Å². The van der Waals surface area contributed by atoms with Gasteiger partial charge in [-0.15, -0.1) is 0 Å². The smallest absolute Gasteiger partial charge is 0.257 e. The molecule has 0 fully saturated rings. The second-order valence-electron chi connectivity index (χ2n) is 3.92. The van der Waals surface area contributed by atoms with Gasteiger partial charge in [0.1, 0.15) is 5.82 Å². The average molecular weight is 332 g/mol. The van der Waals surface area contributed by atoms with Crippen LogP contribution in [0, 0.1) is 5.82 Å². The van der Waals surface area contributed by atoms with E-state index in [9.17, 15) is 12.8 Å². The van der Waals surface area contributed by atoms with Gasteiger partial charge in [0.15, 0.2) is 0 Å². The summed E-state index contributed by atoms with van der Waals surface area (Å²) in [6.45, 7) is 1.67. The fraction of sp³-hybridized carbons (Fsp3) is 0.167. The first kappa shape index (κ1) is 13.3. The largest absolute Gasteiger partial charge is 0.266 e. The van der Waals surface area contributed by atoms with Crippen LogP contribution in [0.4, 0.5) is 4.39 Å². The molecule has 1 heterocycles. The molecule has 3 nitrogen and oxygen atoms in total. The summed E-state index contributed by atoms with van der Waals surface area (Å²) >= 11 is 3.16. The van der Waals surface area contributed by atoms with E-state index in [4.69, 9.17) is 0 Å². The number of allylic oxidation sites excluding steroid dienone is 3. The van der Waals surface area contributed by atoms with Crippen LogP contribution >= 0.6 is 15.9 Å². The molecular formula is C12H11BrFNO2S. The summed E-state index contributed by atoms with van der Waals surface area (Å²) in [5.74, 6) is -0.429. The molecule has 1 aromatic carbocycles. The van der Waals surface area contributed by atoms with Crippen LogP contribution in [0.2, 0.25) is 0 Å². The zero-order valence-electron chi connectivity index (χ0n) is 9.60. The highest BCUT2D eigenvalue weighted by atomic mass is 79.9. The maximum Gasteiger partial charge on any atom is 0.257 e. The minimum atomic E-state index is -3.49. The highest BCUT2D eigenvalue weighted by Gasteiger charge is 2.23. The van der Waals surface area contributed by atoms with Crippen LogP contribution in [0.15, 0.2) is 45.9 Å². The molecule has 0 spiro atoms. The fourth-order valence-corrected chi connectivity index (χ4v) is 3.19. The van der Waals surface area contributed by atoms with E-state index < -0.39 is 15.8 Å². The fourth-order valence-electron chi connectivity index (χ4n) is 1.65. The second-order valence-corrected chi connectivity index (χ2v) is 6.58. The summed E-state index contributed by atoms with van der Waals surface area (Å²) in [6.07, 6.45) is 3.15. The number of hydrogen-bond donors (Lipinski definition) is 0. The third-order valence-corrected chi connectivity index (χ3v) is 4.64. The summed E-state index contributed by atoms with van der Waals surface area (Å²) in [4.78, 5) is 0. The first-order valence-electron chi connectivity index (χ1n) is 5.22. The quantitative estimate of drug-likeness (QED) is 0.834. The van der Waals surface area contributed by atoms with Gasteiger partial charge in [0.25, 0.3) is 10.0 Å². The van der Waals surface area contributed by atoms with Crippen molar-refractivity contribution in [1.29, 1.82) is 0 Å². The molecule has 0 saturated heterocycles. The molecule has 0 amide bonds. The molecule has 0 radical (unpaired) electrons. The van der Waals surface area contributed by atoms with Crippen molar-refractivity contribution in [3.63, 3.8) is 0 Å². The lowest BCUT2D eigenvalue weighted by molar-refractivity contribution is 0.467. The molecule has 1 aromatic rings. The Morgan fingerprint density at radius 3 is 2.72 bits per heavy atom. The van der Waals surface area contributed by atoms with Crippen LogP contribution in [0.5, 0.6) is 0 Å². The molecule has 6 heteroatoms. The SMILES string of the molecule is CC1=CC=CS(=O)(=O)N1Cc1ccc(Br)cc1F. The topological polar surface area (TPSA) is 37.4 Å². The number of halogens is 2. The standard InChI is InChI=1S/C12H11BrFNO2S/c1-9-3-2-6-18(16,17)15(9)8-10-4-5-11(13)7-12(10)14/h2-7H,8H2,1H3. The van der Waals surface area contributed by atoms with Crippen molar-refractivity contribution >= 4 is 26.0 Å². The van der Waals surface area contributed by atoms with Crippen LogP contribution in [-0.4, -0.2) is 12.7 Å². The summed E-state index contributed by atoms with van der Waals surface area (Å²) in [5.41, 5.74) is 0.907. The summed E-state index contributed by atoms with van der Waals surface area (Å²) < 4.78 is 39.2. The van der Waals surface area contributed by atoms with E-state index in [1.54, 1.807) is 25.1 Å². The highest BCUT2D eigenvalue weighted by molar-refractivity contribution is 9.10. The predicted molar refractivity (Wildman–Crippen MR) is 71.5 cm³/mol. The summed E-state index contributed by atoms with van der Waals surface area (Å²) in [5, 5.41) is 1.11. The molecule has 0 unspecified atom stereocenters. The number of rotatable bonds is 2. The van der Waals surface area contributed by atoms with Gasteiger partial charge in [0.2, 0.25) is 0 Å². The van der Waals surface area contributed by atoms with Crippen molar-refractivity contribution < 1.29 is 12.8 Å². The maximum atomic E-state index is 13.7. The van der Waals surface area contributed by atoms with Crippen LogP contribution < -0.4 is 0 Å². The van der Waals surface area contributed by atoms with Gasteiger partial charge in [-0.05, 0) is 31.2 Å². The van der Waals surface area contributed by atoms with Crippen molar-refractivity contribution in [2.75, 3.05) is 0 Å². The van der Waals surface area contributed by atoms with Crippen LogP contribution in [-0.2, 0) is 16.6 Å². The van der Waals surface area contributed by atoms with Crippen LogP contribution in [0.3, 0.4) is 0 Å². The van der Waals surface area contributed by atoms with Crippen LogP contribution in [0.1, 0.15) is 12.5 Å². The van der Waals surface area contributed by atoms with E-state index in [-0.39, 0.29) is 6.54 Å². The van der Waals surface area contributed by atoms with Gasteiger partial charge >= 0.3 is 0 Å². The van der Waals surface area contributed by atoms with Crippen molar-refractivity contribution in [3.05, 3.63) is 57.3 Å². The molecule has 0 aromatic heterocycles. The van der Waals surface area contributed by atoms with Crippen molar-refractivity contribution in [2.24, 2.45) is 0 Å². The average Bonchev–Trinajstić information content (AvgIpc) is 2.25. The van der Waals surface area contributed by atoms with Gasteiger partial charge < -0.3 is 0 Å². The molecule has 96 valence electrons. The van der Waals surface area contributed by atoms with Crippen LogP contribution in [0.25, 0.3) is 0 Å². The minimum absolute atomic E-state index is 0.00583. The van der Waals surface area contributed by atoms with Gasteiger partial charge in [0, 0.05) is 15.7 Å². The lowest BCUT2D eigenvalue weighted by Crippen LogP contribution is -2.29. The first-order valence-corrected chi connectivity index (χ1v) is 7.51. The Morgan fingerprint density at radius 1 is 1.39 bits per heavy atom. The van der Waals surface area contributed by atoms with E-state index in [2.05, 4.69) is 15.9 Å².